The molecule has 162 valence electrons. The molecule has 0 heterocycles. The number of esters is 1. The molecule has 0 atom stereocenters. The molecule has 0 unspecified atom stereocenters. The van der Waals surface area contributed by atoms with Gasteiger partial charge in [0.05, 0.1) is 0 Å². The van der Waals surface area contributed by atoms with E-state index in [-0.39, 0.29) is 17.9 Å². The van der Waals surface area contributed by atoms with Crippen molar-refractivity contribution in [1.82, 2.24) is 10.6 Å². The van der Waals surface area contributed by atoms with E-state index in [4.69, 9.17) is 4.74 Å². The summed E-state index contributed by atoms with van der Waals surface area (Å²) in [6.45, 7) is -0.348. The van der Waals surface area contributed by atoms with Crippen molar-refractivity contribution in [3.8, 4) is 0 Å². The Labute approximate surface area is 184 Å². The third-order valence-electron chi connectivity index (χ3n) is 4.37. The van der Waals surface area contributed by atoms with Gasteiger partial charge in [-0.25, -0.2) is 4.39 Å². The van der Waals surface area contributed by atoms with Gasteiger partial charge in [0.15, 0.2) is 0 Å². The SMILES string of the molecule is O=C(CNC(=O)C(=Cc1ccccc1F)NC(=O)c1ccccc1)OCc1ccccc1. The predicted octanol–water partition coefficient (Wildman–Crippen LogP) is 3.46. The van der Waals surface area contributed by atoms with Gasteiger partial charge in [-0.2, -0.15) is 0 Å². The number of carbonyl (C=O) groups is 3. The highest BCUT2D eigenvalue weighted by Gasteiger charge is 2.16. The summed E-state index contributed by atoms with van der Waals surface area (Å²) in [5, 5.41) is 4.88. The van der Waals surface area contributed by atoms with Gasteiger partial charge in [-0.15, -0.1) is 0 Å². The average Bonchev–Trinajstić information content (AvgIpc) is 2.83. The van der Waals surface area contributed by atoms with E-state index in [9.17, 15) is 18.8 Å². The number of amides is 2. The molecule has 0 aliphatic rings. The molecule has 3 aromatic rings. The normalized spacial score (nSPS) is 10.8. The highest BCUT2D eigenvalue weighted by Crippen LogP contribution is 2.11. The lowest BCUT2D eigenvalue weighted by Crippen LogP contribution is -2.37. The minimum atomic E-state index is -0.755. The highest BCUT2D eigenvalue weighted by atomic mass is 19.1. The van der Waals surface area contributed by atoms with E-state index in [0.717, 1.165) is 5.56 Å². The summed E-state index contributed by atoms with van der Waals surface area (Å²) in [6.07, 6.45) is 1.21. The summed E-state index contributed by atoms with van der Waals surface area (Å²) in [5.74, 6) is -2.51. The number of nitrogens with one attached hydrogen (secondary N) is 2. The number of hydrogen-bond acceptors (Lipinski definition) is 4. The third-order valence-corrected chi connectivity index (χ3v) is 4.37. The summed E-state index contributed by atoms with van der Waals surface area (Å²) in [4.78, 5) is 37.2. The largest absolute Gasteiger partial charge is 0.460 e. The Morgan fingerprint density at radius 2 is 1.47 bits per heavy atom. The number of hydrogen-bond donors (Lipinski definition) is 2. The van der Waals surface area contributed by atoms with Crippen molar-refractivity contribution in [1.29, 1.82) is 0 Å². The van der Waals surface area contributed by atoms with Gasteiger partial charge in [-0.3, -0.25) is 14.4 Å². The van der Waals surface area contributed by atoms with E-state index < -0.39 is 30.1 Å². The molecule has 7 heteroatoms. The van der Waals surface area contributed by atoms with Crippen LogP contribution in [0.3, 0.4) is 0 Å². The molecule has 6 nitrogen and oxygen atoms in total. The van der Waals surface area contributed by atoms with E-state index in [0.29, 0.717) is 5.56 Å². The van der Waals surface area contributed by atoms with Crippen molar-refractivity contribution in [2.75, 3.05) is 6.54 Å². The minimum absolute atomic E-state index is 0.0677. The van der Waals surface area contributed by atoms with Crippen LogP contribution in [0.15, 0.2) is 90.6 Å². The minimum Gasteiger partial charge on any atom is -0.460 e. The fourth-order valence-corrected chi connectivity index (χ4v) is 2.73. The molecule has 0 radical (unpaired) electrons. The quantitative estimate of drug-likeness (QED) is 0.422. The number of halogens is 1. The lowest BCUT2D eigenvalue weighted by Gasteiger charge is -2.11. The van der Waals surface area contributed by atoms with Crippen LogP contribution in [-0.4, -0.2) is 24.3 Å². The summed E-state index contributed by atoms with van der Waals surface area (Å²) >= 11 is 0. The first kappa shape index (κ1) is 22.4. The van der Waals surface area contributed by atoms with Gasteiger partial charge in [-0.1, -0.05) is 66.7 Å². The molecule has 0 spiro atoms. The molecule has 3 aromatic carbocycles. The van der Waals surface area contributed by atoms with Crippen LogP contribution >= 0.6 is 0 Å². The van der Waals surface area contributed by atoms with Gasteiger partial charge < -0.3 is 15.4 Å². The zero-order chi connectivity index (χ0) is 22.8. The molecule has 0 saturated heterocycles. The third kappa shape index (κ3) is 6.63. The molecule has 0 bridgehead atoms. The van der Waals surface area contributed by atoms with E-state index in [1.54, 1.807) is 48.5 Å². The van der Waals surface area contributed by atoms with Crippen molar-refractivity contribution in [3.63, 3.8) is 0 Å². The van der Waals surface area contributed by atoms with Gasteiger partial charge in [0.1, 0.15) is 24.7 Å². The molecular weight excluding hydrogens is 411 g/mol. The Morgan fingerprint density at radius 3 is 2.16 bits per heavy atom. The zero-order valence-corrected chi connectivity index (χ0v) is 17.1. The Bertz CT molecular complexity index is 1120. The Balaban J connectivity index is 1.68. The smallest absolute Gasteiger partial charge is 0.325 e. The molecule has 2 N–H and O–H groups in total. The summed E-state index contributed by atoms with van der Waals surface area (Å²) in [5.41, 5.74) is 1.03. The number of rotatable bonds is 8. The van der Waals surface area contributed by atoms with Crippen LogP contribution in [0.25, 0.3) is 6.08 Å². The topological polar surface area (TPSA) is 84.5 Å². The van der Waals surface area contributed by atoms with Crippen LogP contribution < -0.4 is 10.6 Å². The van der Waals surface area contributed by atoms with Crippen LogP contribution in [0.4, 0.5) is 4.39 Å². The zero-order valence-electron chi connectivity index (χ0n) is 17.1. The van der Waals surface area contributed by atoms with Crippen LogP contribution in [0.5, 0.6) is 0 Å². The maximum Gasteiger partial charge on any atom is 0.325 e. The first-order valence-electron chi connectivity index (χ1n) is 9.83. The van der Waals surface area contributed by atoms with Gasteiger partial charge in [0.2, 0.25) is 0 Å². The predicted molar refractivity (Wildman–Crippen MR) is 118 cm³/mol. The maximum absolute atomic E-state index is 14.1. The lowest BCUT2D eigenvalue weighted by atomic mass is 10.1. The molecule has 0 saturated carbocycles. The number of benzene rings is 3. The second kappa shape index (κ2) is 11.2. The fourth-order valence-electron chi connectivity index (χ4n) is 2.73. The van der Waals surface area contributed by atoms with Gasteiger partial charge in [0.25, 0.3) is 11.8 Å². The Morgan fingerprint density at radius 1 is 0.844 bits per heavy atom. The number of ether oxygens (including phenoxy) is 1. The van der Waals surface area contributed by atoms with E-state index >= 15 is 0 Å². The van der Waals surface area contributed by atoms with Crippen molar-refractivity contribution in [2.24, 2.45) is 0 Å². The molecule has 3 rings (SSSR count). The second-order valence-electron chi connectivity index (χ2n) is 6.73. The van der Waals surface area contributed by atoms with Crippen LogP contribution in [-0.2, 0) is 20.9 Å². The van der Waals surface area contributed by atoms with Crippen LogP contribution in [0.2, 0.25) is 0 Å². The summed E-state index contributed by atoms with van der Waals surface area (Å²) < 4.78 is 19.2. The van der Waals surface area contributed by atoms with Crippen LogP contribution in [0.1, 0.15) is 21.5 Å². The molecule has 0 aliphatic carbocycles. The molecule has 0 aromatic heterocycles. The molecule has 32 heavy (non-hydrogen) atoms. The van der Waals surface area contributed by atoms with Crippen LogP contribution in [0, 0.1) is 5.82 Å². The van der Waals surface area contributed by atoms with Gasteiger partial charge in [-0.05, 0) is 29.8 Å². The number of carbonyl (C=O) groups excluding carboxylic acids is 3. The Kier molecular flexibility index (Phi) is 7.86. The van der Waals surface area contributed by atoms with Gasteiger partial charge >= 0.3 is 5.97 Å². The lowest BCUT2D eigenvalue weighted by molar-refractivity contribution is -0.144. The van der Waals surface area contributed by atoms with Crippen molar-refractivity contribution in [2.45, 2.75) is 6.61 Å². The average molecular weight is 432 g/mol. The molecule has 0 aliphatic heterocycles. The van der Waals surface area contributed by atoms with E-state index in [1.807, 2.05) is 18.2 Å². The first-order chi connectivity index (χ1) is 15.5. The fraction of sp³-hybridized carbons (Fsp3) is 0.0800. The van der Waals surface area contributed by atoms with Gasteiger partial charge in [0, 0.05) is 11.1 Å². The summed E-state index contributed by atoms with van der Waals surface area (Å²) in [7, 11) is 0. The highest BCUT2D eigenvalue weighted by molar-refractivity contribution is 6.05. The van der Waals surface area contributed by atoms with E-state index in [2.05, 4.69) is 10.6 Å². The monoisotopic (exact) mass is 432 g/mol. The van der Waals surface area contributed by atoms with Crippen molar-refractivity contribution < 1.29 is 23.5 Å². The van der Waals surface area contributed by atoms with Crippen molar-refractivity contribution >= 4 is 23.9 Å². The van der Waals surface area contributed by atoms with E-state index in [1.165, 1.54) is 24.3 Å². The molecule has 2 amide bonds. The summed E-state index contributed by atoms with van der Waals surface area (Å²) in [6, 6.07) is 23.2. The maximum atomic E-state index is 14.1. The second-order valence-corrected chi connectivity index (χ2v) is 6.73. The Hall–Kier alpha value is -4.26. The van der Waals surface area contributed by atoms with Crippen molar-refractivity contribution in [3.05, 3.63) is 113 Å². The standard InChI is InChI=1S/C25H21FN2O4/c26-21-14-8-7-13-20(21)15-22(28-24(30)19-11-5-2-6-12-19)25(31)27-16-23(29)32-17-18-9-3-1-4-10-18/h1-15H,16-17H2,(H,27,31)(H,28,30). The molecular formula is C25H21FN2O4. The molecule has 0 fully saturated rings. The first-order valence-corrected chi connectivity index (χ1v) is 9.83.